The van der Waals surface area contributed by atoms with Crippen LogP contribution in [0.4, 0.5) is 9.93 Å². The van der Waals surface area contributed by atoms with E-state index in [1.165, 1.54) is 24.1 Å². The maximum atomic E-state index is 13.1. The molecule has 0 spiro atoms. The van der Waals surface area contributed by atoms with Crippen LogP contribution in [0.2, 0.25) is 0 Å². The van der Waals surface area contributed by atoms with Gasteiger partial charge in [0.05, 0.1) is 11.7 Å². The molecule has 0 radical (unpaired) electrons. The third-order valence-electron chi connectivity index (χ3n) is 4.80. The molecule has 0 aromatic carbocycles. The number of rotatable bonds is 10. The summed E-state index contributed by atoms with van der Waals surface area (Å²) in [6.07, 6.45) is -0.964. The van der Waals surface area contributed by atoms with Gasteiger partial charge in [-0.3, -0.25) is 24.6 Å². The van der Waals surface area contributed by atoms with E-state index in [0.29, 0.717) is 0 Å². The summed E-state index contributed by atoms with van der Waals surface area (Å²) < 4.78 is 7.82. The van der Waals surface area contributed by atoms with Crippen molar-refractivity contribution in [2.75, 3.05) is 30.9 Å². The predicted octanol–water partition coefficient (Wildman–Crippen LogP) is -2.23. The van der Waals surface area contributed by atoms with Gasteiger partial charge >= 0.3 is 41.6 Å². The number of esters is 1. The zero-order chi connectivity index (χ0) is 28.9. The smallest absolute Gasteiger partial charge is 0.543 e. The van der Waals surface area contributed by atoms with E-state index in [1.807, 2.05) is 0 Å². The molecule has 3 heterocycles. The number of amides is 3. The minimum Gasteiger partial charge on any atom is -0.543 e. The molecule has 0 bridgehead atoms. The maximum Gasteiger partial charge on any atom is 1.00 e. The van der Waals surface area contributed by atoms with Crippen molar-refractivity contribution in [2.45, 2.75) is 29.1 Å². The van der Waals surface area contributed by atoms with Gasteiger partial charge in [0, 0.05) is 23.6 Å². The van der Waals surface area contributed by atoms with Crippen LogP contribution in [0.1, 0.15) is 19.5 Å². The summed E-state index contributed by atoms with van der Waals surface area (Å²) in [6.45, 7) is 2.06. The number of halogens is 3. The number of hydrogen-bond acceptors (Lipinski definition) is 13. The molecule has 2 aliphatic heterocycles. The second-order valence-electron chi connectivity index (χ2n) is 7.59. The monoisotopic (exact) mass is 665 g/mol. The van der Waals surface area contributed by atoms with E-state index in [0.717, 1.165) is 16.2 Å². The summed E-state index contributed by atoms with van der Waals surface area (Å²) in [4.78, 5) is 70.8. The summed E-state index contributed by atoms with van der Waals surface area (Å²) in [5.74, 6) is -3.68. The molecule has 14 nitrogen and oxygen atoms in total. The molecule has 1 aromatic heterocycles. The Labute approximate surface area is 272 Å². The molecule has 3 rings (SSSR count). The molecule has 40 heavy (non-hydrogen) atoms. The van der Waals surface area contributed by atoms with Crippen molar-refractivity contribution in [1.82, 2.24) is 15.2 Å². The van der Waals surface area contributed by atoms with Crippen LogP contribution in [0.5, 0.6) is 0 Å². The zero-order valence-corrected chi connectivity index (χ0v) is 26.9. The van der Waals surface area contributed by atoms with Gasteiger partial charge in [0.15, 0.2) is 10.8 Å². The number of thioether (sulfide) groups is 1. The van der Waals surface area contributed by atoms with Crippen molar-refractivity contribution in [3.63, 3.8) is 0 Å². The van der Waals surface area contributed by atoms with E-state index in [-0.39, 0.29) is 70.6 Å². The van der Waals surface area contributed by atoms with Crippen molar-refractivity contribution < 1.29 is 72.9 Å². The molecule has 0 saturated carbocycles. The van der Waals surface area contributed by atoms with Crippen LogP contribution in [-0.4, -0.2) is 86.2 Å². The number of carboxylic acids is 1. The third kappa shape index (κ3) is 8.85. The number of aromatic nitrogens is 1. The van der Waals surface area contributed by atoms with E-state index in [1.54, 1.807) is 6.92 Å². The summed E-state index contributed by atoms with van der Waals surface area (Å²) in [7, 11) is 0. The number of anilines is 1. The van der Waals surface area contributed by atoms with Crippen LogP contribution < -0.4 is 45.3 Å². The first-order valence-electron chi connectivity index (χ1n) is 10.8. The molecule has 2 N–H and O–H groups in total. The van der Waals surface area contributed by atoms with Gasteiger partial charge in [0.2, 0.25) is 3.79 Å². The van der Waals surface area contributed by atoms with E-state index in [9.17, 15) is 29.1 Å². The number of aliphatic carboxylic acids is 1. The second-order valence-corrected chi connectivity index (χ2v) is 12.1. The molecule has 0 unspecified atom stereocenters. The van der Waals surface area contributed by atoms with Gasteiger partial charge in [-0.2, -0.15) is 0 Å². The van der Waals surface area contributed by atoms with Gasteiger partial charge in [-0.05, 0) is 6.92 Å². The van der Waals surface area contributed by atoms with Crippen molar-refractivity contribution in [3.8, 4) is 0 Å². The maximum absolute atomic E-state index is 13.1. The zero-order valence-electron chi connectivity index (χ0n) is 21.0. The van der Waals surface area contributed by atoms with E-state index in [2.05, 4.69) is 20.8 Å². The van der Waals surface area contributed by atoms with E-state index in [4.69, 9.17) is 49.1 Å². The van der Waals surface area contributed by atoms with Crippen molar-refractivity contribution in [2.24, 2.45) is 5.16 Å². The number of carboxylic acid groups (broad SMARTS) is 1. The SMILES string of the molecule is CCON=C(C(=O)N[C@@H]1C(=O)N2C(C(=O)[O-])=C(COC(C)=O)CS[C@H]12)c1csc(NC(=O)OCC(Cl)(Cl)Cl)n1.[Na+]. The second kappa shape index (κ2) is 14.9. The number of fused-ring (bicyclic) bond motifs is 1. The van der Waals surface area contributed by atoms with Crippen LogP contribution in [0.3, 0.4) is 0 Å². The number of oxime groups is 1. The topological polar surface area (TPSA) is 189 Å². The average molecular weight is 667 g/mol. The van der Waals surface area contributed by atoms with Gasteiger partial charge in [0.1, 0.15) is 36.9 Å². The summed E-state index contributed by atoms with van der Waals surface area (Å²) in [5.41, 5.74) is -0.524. The molecular formula is C20H19Cl3N5NaO9S2. The molecule has 1 aromatic rings. The van der Waals surface area contributed by atoms with E-state index >= 15 is 0 Å². The molecular weight excluding hydrogens is 648 g/mol. The van der Waals surface area contributed by atoms with Gasteiger partial charge in [0.25, 0.3) is 11.8 Å². The fourth-order valence-corrected chi connectivity index (χ4v) is 5.40. The number of thiazole rings is 1. The summed E-state index contributed by atoms with van der Waals surface area (Å²) in [6, 6.07) is -1.10. The first-order valence-corrected chi connectivity index (χ1v) is 13.9. The average Bonchev–Trinajstić information content (AvgIpc) is 3.31. The van der Waals surface area contributed by atoms with Gasteiger partial charge < -0.3 is 29.5 Å². The molecule has 2 atom stereocenters. The number of carbonyl (C=O) groups excluding carboxylic acids is 5. The quantitative estimate of drug-likeness (QED) is 0.0687. The van der Waals surface area contributed by atoms with Crippen LogP contribution in [0.25, 0.3) is 0 Å². The fraction of sp³-hybridized carbons (Fsp3) is 0.450. The Bertz CT molecular complexity index is 1240. The number of nitrogens with one attached hydrogen (secondary N) is 2. The van der Waals surface area contributed by atoms with E-state index < -0.39 is 57.4 Å². The van der Waals surface area contributed by atoms with Crippen LogP contribution >= 0.6 is 57.9 Å². The number of hydrogen-bond donors (Lipinski definition) is 2. The Kier molecular flexibility index (Phi) is 12.8. The molecule has 2 aliphatic rings. The number of β-lactam (4-membered cyclic amide) rings is 1. The Morgan fingerprint density at radius 3 is 2.58 bits per heavy atom. The molecule has 212 valence electrons. The number of carbonyl (C=O) groups is 5. The molecule has 1 fully saturated rings. The van der Waals surface area contributed by atoms with Crippen LogP contribution in [0.15, 0.2) is 21.8 Å². The standard InChI is InChI=1S/C20H20Cl3N5O9S2.Na/c1-3-37-27-11(10-6-39-18(24-10)26-19(34)36-7-20(21,22)23)14(30)25-12-15(31)28-13(17(32)33)9(4-35-8(2)29)5-38-16(12)28;/h6,12,16H,3-5,7H2,1-2H3,(H,25,30)(H,32,33)(H,24,26,34);/q;+1/p-1/t12-,16-;/m1./s1. The number of nitrogens with zero attached hydrogens (tertiary/aromatic N) is 3. The summed E-state index contributed by atoms with van der Waals surface area (Å²) >= 11 is 18.7. The van der Waals surface area contributed by atoms with Crippen LogP contribution in [-0.2, 0) is 33.5 Å². The molecule has 20 heteroatoms. The molecule has 3 amide bonds. The summed E-state index contributed by atoms with van der Waals surface area (Å²) in [5, 5.41) is 21.0. The van der Waals surface area contributed by atoms with Crippen molar-refractivity contribution in [1.29, 1.82) is 0 Å². The minimum atomic E-state index is -1.81. The first-order chi connectivity index (χ1) is 18.3. The third-order valence-corrected chi connectivity index (χ3v) is 7.22. The van der Waals surface area contributed by atoms with Crippen LogP contribution in [0, 0.1) is 0 Å². The van der Waals surface area contributed by atoms with Gasteiger partial charge in [-0.1, -0.05) is 40.0 Å². The number of ether oxygens (including phenoxy) is 2. The largest absolute Gasteiger partial charge is 1.00 e. The Morgan fingerprint density at radius 1 is 1.27 bits per heavy atom. The van der Waals surface area contributed by atoms with Crippen molar-refractivity contribution >= 4 is 98.6 Å². The Balaban J connectivity index is 0.00000560. The fourth-order valence-electron chi connectivity index (χ4n) is 3.23. The van der Waals surface area contributed by atoms with Gasteiger partial charge in [-0.25, -0.2) is 9.78 Å². The first kappa shape index (κ1) is 34.4. The van der Waals surface area contributed by atoms with Gasteiger partial charge in [-0.15, -0.1) is 23.1 Å². The normalized spacial score (nSPS) is 18.6. The Morgan fingerprint density at radius 2 is 1.98 bits per heavy atom. The molecule has 1 saturated heterocycles. The predicted molar refractivity (Wildman–Crippen MR) is 139 cm³/mol. The Hall–Kier alpha value is -1.79. The number of alkyl halides is 3. The molecule has 0 aliphatic carbocycles. The van der Waals surface area contributed by atoms with Crippen molar-refractivity contribution in [3.05, 3.63) is 22.3 Å². The minimum absolute atomic E-state index is 0.